The molecule has 0 bridgehead atoms. The molecule has 1 aromatic carbocycles. The van der Waals surface area contributed by atoms with Gasteiger partial charge in [0.1, 0.15) is 5.60 Å². The highest BCUT2D eigenvalue weighted by Crippen LogP contribution is 2.17. The van der Waals surface area contributed by atoms with E-state index < -0.39 is 21.4 Å². The van der Waals surface area contributed by atoms with Crippen molar-refractivity contribution < 1.29 is 13.7 Å². The van der Waals surface area contributed by atoms with Gasteiger partial charge in [-0.15, -0.1) is 4.36 Å². The summed E-state index contributed by atoms with van der Waals surface area (Å²) in [5.74, 6) is 0. The van der Waals surface area contributed by atoms with E-state index in [1.807, 2.05) is 12.1 Å². The highest BCUT2D eigenvalue weighted by atomic mass is 32.2. The number of hydrogen-bond acceptors (Lipinski definition) is 4. The molecule has 22 heavy (non-hydrogen) atoms. The molecule has 124 valence electrons. The molecule has 0 saturated heterocycles. The number of unbranched alkanes of at least 4 members (excludes halogenated alkanes) is 1. The lowest BCUT2D eigenvalue weighted by atomic mass is 10.2. The van der Waals surface area contributed by atoms with E-state index in [4.69, 9.17) is 4.74 Å². The van der Waals surface area contributed by atoms with Crippen molar-refractivity contribution in [1.29, 1.82) is 0 Å². The summed E-state index contributed by atoms with van der Waals surface area (Å²) < 4.78 is 21.4. The minimum absolute atomic E-state index is 0.513. The quantitative estimate of drug-likeness (QED) is 0.820. The van der Waals surface area contributed by atoms with Gasteiger partial charge >= 0.3 is 6.09 Å². The molecule has 0 fully saturated rings. The fourth-order valence-electron chi connectivity index (χ4n) is 1.71. The maximum Gasteiger partial charge on any atom is 0.442 e. The number of nitrogens with one attached hydrogen (secondary N) is 1. The lowest BCUT2D eigenvalue weighted by molar-refractivity contribution is 0.0607. The second-order valence-corrected chi connectivity index (χ2v) is 8.44. The normalized spacial score (nSPS) is 14.0. The molecular weight excluding hydrogens is 300 g/mol. The van der Waals surface area contributed by atoms with Gasteiger partial charge in [0.15, 0.2) is 0 Å². The van der Waals surface area contributed by atoms with Gasteiger partial charge < -0.3 is 10.1 Å². The largest absolute Gasteiger partial charge is 0.442 e. The minimum atomic E-state index is -2.80. The Hall–Kier alpha value is -1.56. The van der Waals surface area contributed by atoms with Crippen LogP contribution in [-0.2, 0) is 14.5 Å². The summed E-state index contributed by atoms with van der Waals surface area (Å²) in [6, 6.07) is 7.15. The van der Waals surface area contributed by atoms with Crippen molar-refractivity contribution in [3.63, 3.8) is 0 Å². The van der Waals surface area contributed by atoms with Gasteiger partial charge in [0.25, 0.3) is 0 Å². The molecule has 5 nitrogen and oxygen atoms in total. The third-order valence-corrected chi connectivity index (χ3v) is 4.44. The Morgan fingerprint density at radius 3 is 2.36 bits per heavy atom. The molecule has 1 rings (SSSR count). The molecule has 0 radical (unpaired) electrons. The van der Waals surface area contributed by atoms with E-state index in [0.717, 1.165) is 25.1 Å². The van der Waals surface area contributed by atoms with Crippen LogP contribution in [0.5, 0.6) is 0 Å². The van der Waals surface area contributed by atoms with Crippen molar-refractivity contribution in [3.8, 4) is 0 Å². The number of nitrogens with zero attached hydrogens (tertiary/aromatic N) is 1. The first kappa shape index (κ1) is 18.5. The van der Waals surface area contributed by atoms with Gasteiger partial charge in [-0.05, 0) is 51.5 Å². The summed E-state index contributed by atoms with van der Waals surface area (Å²) in [6.45, 7) is 8.27. The summed E-state index contributed by atoms with van der Waals surface area (Å²) in [5.41, 5.74) is 0.313. The van der Waals surface area contributed by atoms with E-state index in [1.165, 1.54) is 6.26 Å². The number of carbonyl (C=O) groups is 1. The van der Waals surface area contributed by atoms with Crippen molar-refractivity contribution in [1.82, 2.24) is 0 Å². The van der Waals surface area contributed by atoms with Crippen molar-refractivity contribution in [2.45, 2.75) is 51.0 Å². The van der Waals surface area contributed by atoms with Crippen LogP contribution in [0.15, 0.2) is 33.5 Å². The molecule has 1 atom stereocenters. The minimum Gasteiger partial charge on any atom is -0.442 e. The van der Waals surface area contributed by atoms with E-state index in [1.54, 1.807) is 32.9 Å². The van der Waals surface area contributed by atoms with E-state index in [9.17, 15) is 9.00 Å². The summed E-state index contributed by atoms with van der Waals surface area (Å²) in [7, 11) is -2.80. The summed E-state index contributed by atoms with van der Waals surface area (Å²) in [4.78, 5) is 12.2. The van der Waals surface area contributed by atoms with Crippen molar-refractivity contribution in [2.24, 2.45) is 4.36 Å². The van der Waals surface area contributed by atoms with E-state index in [2.05, 4.69) is 16.6 Å². The molecule has 0 aliphatic rings. The smallest absolute Gasteiger partial charge is 0.442 e. The number of carbonyl (C=O) groups excluding carboxylic acids is 1. The molecule has 6 heteroatoms. The average molecular weight is 326 g/mol. The highest BCUT2D eigenvalue weighted by Gasteiger charge is 2.18. The third-order valence-electron chi connectivity index (χ3n) is 2.79. The first-order valence-electron chi connectivity index (χ1n) is 7.43. The van der Waals surface area contributed by atoms with Gasteiger partial charge in [0, 0.05) is 23.4 Å². The lowest BCUT2D eigenvalue weighted by Crippen LogP contribution is -2.22. The van der Waals surface area contributed by atoms with Crippen molar-refractivity contribution >= 4 is 21.5 Å². The zero-order valence-electron chi connectivity index (χ0n) is 14.0. The fraction of sp³-hybridized carbons (Fsp3) is 0.562. The number of ether oxygens (including phenoxy) is 1. The fourth-order valence-corrected chi connectivity index (χ4v) is 2.78. The van der Waals surface area contributed by atoms with Gasteiger partial charge in [-0.2, -0.15) is 0 Å². The summed E-state index contributed by atoms with van der Waals surface area (Å²) in [5, 5.41) is 3.28. The molecule has 1 unspecified atom stereocenters. The van der Waals surface area contributed by atoms with Crippen LogP contribution in [0.4, 0.5) is 10.5 Å². The highest BCUT2D eigenvalue weighted by molar-refractivity contribution is 7.93. The monoisotopic (exact) mass is 326 g/mol. The van der Waals surface area contributed by atoms with Crippen LogP contribution >= 0.6 is 0 Å². The molecule has 1 amide bonds. The Morgan fingerprint density at radius 1 is 1.27 bits per heavy atom. The Morgan fingerprint density at radius 2 is 1.86 bits per heavy atom. The number of amides is 1. The molecule has 1 aromatic rings. The number of benzene rings is 1. The van der Waals surface area contributed by atoms with Crippen molar-refractivity contribution in [3.05, 3.63) is 24.3 Å². The molecular formula is C16H26N2O3S. The van der Waals surface area contributed by atoms with Crippen LogP contribution in [0.25, 0.3) is 0 Å². The van der Waals surface area contributed by atoms with Crippen molar-refractivity contribution in [2.75, 3.05) is 18.1 Å². The zero-order chi connectivity index (χ0) is 16.8. The topological polar surface area (TPSA) is 67.8 Å². The summed E-state index contributed by atoms with van der Waals surface area (Å²) >= 11 is 0. The zero-order valence-corrected chi connectivity index (χ0v) is 14.8. The van der Waals surface area contributed by atoms with Gasteiger partial charge in [-0.25, -0.2) is 9.00 Å². The maximum atomic E-state index is 12.6. The van der Waals surface area contributed by atoms with Gasteiger partial charge in [-0.1, -0.05) is 13.3 Å². The Bertz CT molecular complexity index is 609. The summed E-state index contributed by atoms with van der Waals surface area (Å²) in [6.07, 6.45) is 2.87. The van der Waals surface area contributed by atoms with Crippen LogP contribution < -0.4 is 5.32 Å². The van der Waals surface area contributed by atoms with Crippen LogP contribution in [-0.4, -0.2) is 28.7 Å². The lowest BCUT2D eigenvalue weighted by Gasteiger charge is -2.17. The molecule has 0 aliphatic carbocycles. The van der Waals surface area contributed by atoms with E-state index >= 15 is 0 Å². The molecule has 0 aliphatic heterocycles. The second kappa shape index (κ2) is 7.63. The predicted octanol–water partition coefficient (Wildman–Crippen LogP) is 4.29. The van der Waals surface area contributed by atoms with Gasteiger partial charge in [-0.3, -0.25) is 0 Å². The second-order valence-electron chi connectivity index (χ2n) is 6.18. The Balaban J connectivity index is 2.84. The molecule has 1 N–H and O–H groups in total. The van der Waals surface area contributed by atoms with Crippen LogP contribution in [0, 0.1) is 0 Å². The van der Waals surface area contributed by atoms with E-state index in [0.29, 0.717) is 4.90 Å². The van der Waals surface area contributed by atoms with E-state index in [-0.39, 0.29) is 0 Å². The predicted molar refractivity (Wildman–Crippen MR) is 90.8 cm³/mol. The molecule has 0 saturated carbocycles. The standard InChI is InChI=1S/C16H26N2O3S/c1-6-7-12-17-13-8-10-14(11-9-13)22(5,20)18-15(19)21-16(2,3)4/h8-11,17H,6-7,12H2,1-5H3. The first-order valence-corrected chi connectivity index (χ1v) is 9.35. The SMILES string of the molecule is CCCCNc1ccc(S(C)(=O)=NC(=O)OC(C)(C)C)cc1. The van der Waals surface area contributed by atoms with Gasteiger partial charge in [0.05, 0.1) is 9.73 Å². The van der Waals surface area contributed by atoms with Gasteiger partial charge in [0.2, 0.25) is 0 Å². The van der Waals surface area contributed by atoms with Crippen LogP contribution in [0.1, 0.15) is 40.5 Å². The maximum absolute atomic E-state index is 12.6. The number of anilines is 1. The Labute approximate surface area is 133 Å². The molecule has 0 heterocycles. The van der Waals surface area contributed by atoms with Crippen LogP contribution in [0.2, 0.25) is 0 Å². The first-order chi connectivity index (χ1) is 10.1. The number of hydrogen-bond donors (Lipinski definition) is 1. The molecule has 0 aromatic heterocycles. The number of rotatable bonds is 5. The Kier molecular flexibility index (Phi) is 6.41. The third kappa shape index (κ3) is 6.47. The van der Waals surface area contributed by atoms with Crippen LogP contribution in [0.3, 0.4) is 0 Å². The molecule has 0 spiro atoms. The average Bonchev–Trinajstić information content (AvgIpc) is 2.36.